The van der Waals surface area contributed by atoms with Gasteiger partial charge in [-0.15, -0.1) is 6.58 Å². The van der Waals surface area contributed by atoms with Gasteiger partial charge >= 0.3 is 0 Å². The Bertz CT molecular complexity index is 259. The van der Waals surface area contributed by atoms with Crippen LogP contribution in [0.2, 0.25) is 0 Å². The minimum atomic E-state index is 0.167. The van der Waals surface area contributed by atoms with Crippen LogP contribution in [0.4, 0.5) is 0 Å². The molecule has 2 aliphatic rings. The third-order valence-electron chi connectivity index (χ3n) is 4.18. The fraction of sp³-hybridized carbons (Fsp3) is 0.769. The highest BCUT2D eigenvalue weighted by Crippen LogP contribution is 2.48. The molecule has 0 saturated heterocycles. The first-order valence-corrected chi connectivity index (χ1v) is 6.13. The molecule has 2 bridgehead atoms. The molecule has 84 valence electrons. The molecule has 2 nitrogen and oxygen atoms in total. The van der Waals surface area contributed by atoms with E-state index in [1.165, 1.54) is 19.3 Å². The summed E-state index contributed by atoms with van der Waals surface area (Å²) in [6.45, 7) is 3.67. The predicted octanol–water partition coefficient (Wildman–Crippen LogP) is 2.29. The Morgan fingerprint density at radius 3 is 2.73 bits per heavy atom. The van der Waals surface area contributed by atoms with Gasteiger partial charge in [0.25, 0.3) is 0 Å². The van der Waals surface area contributed by atoms with Gasteiger partial charge in [0.15, 0.2) is 0 Å². The quantitative estimate of drug-likeness (QED) is 0.555. The van der Waals surface area contributed by atoms with Crippen LogP contribution >= 0.6 is 0 Å². The smallest absolute Gasteiger partial charge is 0.137 e. The molecule has 0 heterocycles. The van der Waals surface area contributed by atoms with Crippen LogP contribution in [0.5, 0.6) is 0 Å². The maximum Gasteiger partial charge on any atom is 0.137 e. The van der Waals surface area contributed by atoms with Crippen molar-refractivity contribution in [2.24, 2.45) is 23.5 Å². The van der Waals surface area contributed by atoms with Crippen molar-refractivity contribution in [3.05, 3.63) is 12.7 Å². The monoisotopic (exact) mass is 207 g/mol. The summed E-state index contributed by atoms with van der Waals surface area (Å²) in [4.78, 5) is 12.0. The normalized spacial score (nSPS) is 38.2. The van der Waals surface area contributed by atoms with E-state index in [2.05, 4.69) is 6.58 Å². The number of carbonyl (C=O) groups is 1. The molecule has 4 atom stereocenters. The molecule has 2 fully saturated rings. The molecule has 0 aliphatic heterocycles. The van der Waals surface area contributed by atoms with Crippen molar-refractivity contribution in [2.45, 2.75) is 44.6 Å². The summed E-state index contributed by atoms with van der Waals surface area (Å²) in [7, 11) is 0. The Labute approximate surface area is 91.9 Å². The molecule has 2 aliphatic carbocycles. The van der Waals surface area contributed by atoms with Crippen molar-refractivity contribution in [1.82, 2.24) is 0 Å². The number of allylic oxidation sites excluding steroid dienone is 1. The van der Waals surface area contributed by atoms with Crippen molar-refractivity contribution in [2.75, 3.05) is 0 Å². The molecule has 0 radical (unpaired) electrons. The molecule has 4 unspecified atom stereocenters. The summed E-state index contributed by atoms with van der Waals surface area (Å²) in [5.41, 5.74) is 6.13. The number of rotatable bonds is 5. The molecule has 0 amide bonds. The molecule has 0 aromatic rings. The van der Waals surface area contributed by atoms with Gasteiger partial charge < -0.3 is 5.73 Å². The molecule has 2 N–H and O–H groups in total. The Balaban J connectivity index is 1.87. The minimum absolute atomic E-state index is 0.167. The van der Waals surface area contributed by atoms with Gasteiger partial charge in [0, 0.05) is 18.4 Å². The van der Waals surface area contributed by atoms with Gasteiger partial charge in [-0.25, -0.2) is 0 Å². The molecular weight excluding hydrogens is 186 g/mol. The summed E-state index contributed by atoms with van der Waals surface area (Å²) in [5, 5.41) is 0. The summed E-state index contributed by atoms with van der Waals surface area (Å²) >= 11 is 0. The highest BCUT2D eigenvalue weighted by molar-refractivity contribution is 5.82. The maximum absolute atomic E-state index is 12.0. The largest absolute Gasteiger partial charge is 0.327 e. The molecule has 15 heavy (non-hydrogen) atoms. The topological polar surface area (TPSA) is 43.1 Å². The Hall–Kier alpha value is -0.630. The molecule has 0 spiro atoms. The summed E-state index contributed by atoms with van der Waals surface area (Å²) < 4.78 is 0. The van der Waals surface area contributed by atoms with E-state index >= 15 is 0 Å². The third kappa shape index (κ3) is 2.00. The van der Waals surface area contributed by atoms with E-state index in [0.717, 1.165) is 12.8 Å². The highest BCUT2D eigenvalue weighted by atomic mass is 16.1. The summed E-state index contributed by atoms with van der Waals surface area (Å²) in [6.07, 6.45) is 8.17. The SMILES string of the molecule is C=CCCCC(=O)C1C2CCC(C2)C1N. The highest BCUT2D eigenvalue weighted by Gasteiger charge is 2.48. The lowest BCUT2D eigenvalue weighted by molar-refractivity contribution is -0.124. The fourth-order valence-electron chi connectivity index (χ4n) is 3.40. The van der Waals surface area contributed by atoms with E-state index < -0.39 is 0 Å². The lowest BCUT2D eigenvalue weighted by Crippen LogP contribution is -2.40. The first-order chi connectivity index (χ1) is 7.24. The number of Topliss-reactive ketones (excluding diaryl/α,β-unsaturated/α-hetero) is 1. The lowest BCUT2D eigenvalue weighted by Gasteiger charge is -2.26. The fourth-order valence-corrected chi connectivity index (χ4v) is 3.40. The predicted molar refractivity (Wildman–Crippen MR) is 61.4 cm³/mol. The zero-order valence-corrected chi connectivity index (χ0v) is 9.32. The van der Waals surface area contributed by atoms with Crippen molar-refractivity contribution in [1.29, 1.82) is 0 Å². The summed E-state index contributed by atoms with van der Waals surface area (Å²) in [5.74, 6) is 1.86. The van der Waals surface area contributed by atoms with Crippen LogP contribution in [-0.4, -0.2) is 11.8 Å². The van der Waals surface area contributed by atoms with E-state index in [0.29, 0.717) is 24.0 Å². The van der Waals surface area contributed by atoms with Crippen LogP contribution in [-0.2, 0) is 4.79 Å². The van der Waals surface area contributed by atoms with E-state index in [1.54, 1.807) is 0 Å². The number of nitrogens with two attached hydrogens (primary N) is 1. The van der Waals surface area contributed by atoms with Crippen molar-refractivity contribution in [3.8, 4) is 0 Å². The third-order valence-corrected chi connectivity index (χ3v) is 4.18. The van der Waals surface area contributed by atoms with Gasteiger partial charge in [-0.1, -0.05) is 6.08 Å². The standard InChI is InChI=1S/C13H21NO/c1-2-3-4-5-11(15)12-9-6-7-10(8-9)13(12)14/h2,9-10,12-13H,1,3-8,14H2. The van der Waals surface area contributed by atoms with Gasteiger partial charge in [0.2, 0.25) is 0 Å². The van der Waals surface area contributed by atoms with Crippen LogP contribution in [0.1, 0.15) is 38.5 Å². The Morgan fingerprint density at radius 2 is 2.13 bits per heavy atom. The van der Waals surface area contributed by atoms with Crippen LogP contribution in [0.3, 0.4) is 0 Å². The number of fused-ring (bicyclic) bond motifs is 2. The number of hydrogen-bond acceptors (Lipinski definition) is 2. The van der Waals surface area contributed by atoms with Crippen LogP contribution in [0.15, 0.2) is 12.7 Å². The van der Waals surface area contributed by atoms with Crippen molar-refractivity contribution in [3.63, 3.8) is 0 Å². The first kappa shape index (κ1) is 10.9. The minimum Gasteiger partial charge on any atom is -0.327 e. The van der Waals surface area contributed by atoms with Crippen LogP contribution < -0.4 is 5.73 Å². The van der Waals surface area contributed by atoms with E-state index in [4.69, 9.17) is 5.73 Å². The van der Waals surface area contributed by atoms with E-state index in [9.17, 15) is 4.79 Å². The van der Waals surface area contributed by atoms with Crippen LogP contribution in [0, 0.1) is 17.8 Å². The van der Waals surface area contributed by atoms with Crippen molar-refractivity contribution < 1.29 is 4.79 Å². The molecule has 0 aromatic carbocycles. The average Bonchev–Trinajstić information content (AvgIpc) is 2.78. The first-order valence-electron chi connectivity index (χ1n) is 6.13. The number of carbonyl (C=O) groups excluding carboxylic acids is 1. The van der Waals surface area contributed by atoms with E-state index in [1.807, 2.05) is 6.08 Å². The van der Waals surface area contributed by atoms with Gasteiger partial charge in [-0.05, 0) is 43.9 Å². The second kappa shape index (κ2) is 4.48. The molecule has 2 rings (SSSR count). The van der Waals surface area contributed by atoms with Gasteiger partial charge in [0.1, 0.15) is 5.78 Å². The van der Waals surface area contributed by atoms with Gasteiger partial charge in [-0.2, -0.15) is 0 Å². The molecule has 2 saturated carbocycles. The number of hydrogen-bond donors (Lipinski definition) is 1. The van der Waals surface area contributed by atoms with Crippen LogP contribution in [0.25, 0.3) is 0 Å². The van der Waals surface area contributed by atoms with Gasteiger partial charge in [0.05, 0.1) is 0 Å². The summed E-state index contributed by atoms with van der Waals surface area (Å²) in [6, 6.07) is 0.167. The Morgan fingerprint density at radius 1 is 1.40 bits per heavy atom. The average molecular weight is 207 g/mol. The zero-order valence-electron chi connectivity index (χ0n) is 9.32. The van der Waals surface area contributed by atoms with Crippen molar-refractivity contribution >= 4 is 5.78 Å². The Kier molecular flexibility index (Phi) is 3.25. The number of ketones is 1. The second-order valence-corrected chi connectivity index (χ2v) is 5.08. The zero-order chi connectivity index (χ0) is 10.8. The van der Waals surface area contributed by atoms with Gasteiger partial charge in [-0.3, -0.25) is 4.79 Å². The molecular formula is C13H21NO. The molecule has 2 heteroatoms. The maximum atomic E-state index is 12.0. The lowest BCUT2D eigenvalue weighted by atomic mass is 9.81. The second-order valence-electron chi connectivity index (χ2n) is 5.08. The number of unbranched alkanes of at least 4 members (excludes halogenated alkanes) is 1. The van der Waals surface area contributed by atoms with E-state index in [-0.39, 0.29) is 12.0 Å². The molecule has 0 aromatic heterocycles.